The van der Waals surface area contributed by atoms with E-state index in [9.17, 15) is 5.11 Å². The molecule has 0 aliphatic carbocycles. The number of aliphatic hydroxyl groups excluding tert-OH is 1. The Hall–Kier alpha value is -1.88. The number of morpholine rings is 1. The van der Waals surface area contributed by atoms with Crippen molar-refractivity contribution >= 4 is 5.69 Å². The molecule has 0 saturated carbocycles. The molecule has 1 fully saturated rings. The number of anilines is 1. The molecule has 0 aromatic heterocycles. The highest BCUT2D eigenvalue weighted by molar-refractivity contribution is 5.78. The molecule has 0 spiro atoms. The van der Waals surface area contributed by atoms with Crippen molar-refractivity contribution < 1.29 is 9.84 Å². The Bertz CT molecular complexity index is 649. The van der Waals surface area contributed by atoms with Crippen molar-refractivity contribution in [1.82, 2.24) is 4.90 Å². The van der Waals surface area contributed by atoms with Crippen LogP contribution < -0.4 is 4.90 Å². The van der Waals surface area contributed by atoms with Crippen molar-refractivity contribution in [3.05, 3.63) is 54.1 Å². The van der Waals surface area contributed by atoms with Crippen molar-refractivity contribution in [2.75, 3.05) is 51.8 Å². The third kappa shape index (κ3) is 3.96. The smallest absolute Gasteiger partial charge is 0.0916 e. The topological polar surface area (TPSA) is 35.9 Å². The largest absolute Gasteiger partial charge is 0.387 e. The summed E-state index contributed by atoms with van der Waals surface area (Å²) in [5.74, 6) is 0. The highest BCUT2D eigenvalue weighted by atomic mass is 16.5. The van der Waals surface area contributed by atoms with Crippen LogP contribution >= 0.6 is 0 Å². The van der Waals surface area contributed by atoms with Crippen LogP contribution in [0.2, 0.25) is 0 Å². The second kappa shape index (κ2) is 7.79. The molecule has 1 aliphatic rings. The molecule has 0 radical (unpaired) electrons. The third-order valence-corrected chi connectivity index (χ3v) is 4.53. The van der Waals surface area contributed by atoms with Gasteiger partial charge in [-0.2, -0.15) is 0 Å². The Morgan fingerprint density at radius 2 is 1.71 bits per heavy atom. The van der Waals surface area contributed by atoms with Crippen molar-refractivity contribution in [1.29, 1.82) is 0 Å². The van der Waals surface area contributed by atoms with Gasteiger partial charge in [0, 0.05) is 45.0 Å². The minimum absolute atomic E-state index is 0.457. The average molecular weight is 326 g/mol. The molecule has 24 heavy (non-hydrogen) atoms. The zero-order valence-corrected chi connectivity index (χ0v) is 14.5. The van der Waals surface area contributed by atoms with Crippen LogP contribution in [0.5, 0.6) is 0 Å². The normalized spacial score (nSPS) is 16.8. The van der Waals surface area contributed by atoms with E-state index < -0.39 is 6.10 Å². The summed E-state index contributed by atoms with van der Waals surface area (Å²) in [6.07, 6.45) is -0.457. The van der Waals surface area contributed by atoms with E-state index >= 15 is 0 Å². The Morgan fingerprint density at radius 3 is 2.38 bits per heavy atom. The molecule has 2 aromatic rings. The van der Waals surface area contributed by atoms with Crippen LogP contribution in [-0.4, -0.2) is 56.9 Å². The molecule has 128 valence electrons. The molecular formula is C20H26N2O2. The molecular weight excluding hydrogens is 300 g/mol. The maximum Gasteiger partial charge on any atom is 0.0916 e. The Kier molecular flexibility index (Phi) is 5.51. The van der Waals surface area contributed by atoms with E-state index in [4.69, 9.17) is 4.74 Å². The van der Waals surface area contributed by atoms with Gasteiger partial charge in [-0.15, -0.1) is 0 Å². The number of β-amino-alcohol motifs (C(OH)–C–C–N with tert-alkyl or cyclic N) is 1. The van der Waals surface area contributed by atoms with E-state index in [1.54, 1.807) is 0 Å². The van der Waals surface area contributed by atoms with E-state index in [0.29, 0.717) is 6.54 Å². The average Bonchev–Trinajstić information content (AvgIpc) is 2.62. The number of aliphatic hydroxyl groups is 1. The summed E-state index contributed by atoms with van der Waals surface area (Å²) in [5, 5.41) is 10.5. The molecule has 2 aromatic carbocycles. The van der Waals surface area contributed by atoms with Gasteiger partial charge in [0.15, 0.2) is 0 Å². The van der Waals surface area contributed by atoms with Gasteiger partial charge in [-0.25, -0.2) is 0 Å². The molecule has 4 nitrogen and oxygen atoms in total. The van der Waals surface area contributed by atoms with Crippen LogP contribution in [-0.2, 0) is 4.74 Å². The first-order chi connectivity index (χ1) is 11.6. The number of hydrogen-bond donors (Lipinski definition) is 1. The van der Waals surface area contributed by atoms with E-state index in [1.807, 2.05) is 12.1 Å². The van der Waals surface area contributed by atoms with Gasteiger partial charge in [-0.3, -0.25) is 4.90 Å². The number of nitrogens with zero attached hydrogens (tertiary/aromatic N) is 2. The van der Waals surface area contributed by atoms with Gasteiger partial charge in [0.2, 0.25) is 0 Å². The van der Waals surface area contributed by atoms with Crippen LogP contribution in [0.1, 0.15) is 11.7 Å². The minimum Gasteiger partial charge on any atom is -0.387 e. The fraction of sp³-hybridized carbons (Fsp3) is 0.400. The number of para-hydroxylation sites is 1. The van der Waals surface area contributed by atoms with Gasteiger partial charge >= 0.3 is 0 Å². The second-order valence-electron chi connectivity index (χ2n) is 6.46. The molecule has 4 heteroatoms. The van der Waals surface area contributed by atoms with Crippen molar-refractivity contribution in [3.8, 4) is 11.1 Å². The molecule has 0 amide bonds. The molecule has 3 rings (SSSR count). The molecule has 1 aliphatic heterocycles. The highest BCUT2D eigenvalue weighted by Gasteiger charge is 2.16. The SMILES string of the molecule is CN(C)c1ccccc1-c1ccc([C@@H](O)CN2CCOCC2)cc1. The molecule has 1 N–H and O–H groups in total. The van der Waals surface area contributed by atoms with Gasteiger partial charge in [-0.05, 0) is 17.2 Å². The van der Waals surface area contributed by atoms with Gasteiger partial charge in [0.05, 0.1) is 19.3 Å². The quantitative estimate of drug-likeness (QED) is 0.916. The lowest BCUT2D eigenvalue weighted by molar-refractivity contribution is 0.0143. The molecule has 0 unspecified atom stereocenters. The first kappa shape index (κ1) is 17.0. The number of benzene rings is 2. The molecule has 1 heterocycles. The predicted octanol–water partition coefficient (Wildman–Crippen LogP) is 2.79. The first-order valence-electron chi connectivity index (χ1n) is 8.50. The summed E-state index contributed by atoms with van der Waals surface area (Å²) in [6, 6.07) is 16.6. The first-order valence-corrected chi connectivity index (χ1v) is 8.50. The molecule has 0 bridgehead atoms. The lowest BCUT2D eigenvalue weighted by Gasteiger charge is -2.28. The van der Waals surface area contributed by atoms with Gasteiger partial charge < -0.3 is 14.7 Å². The second-order valence-corrected chi connectivity index (χ2v) is 6.46. The van der Waals surface area contributed by atoms with Crippen LogP contribution in [0.15, 0.2) is 48.5 Å². The van der Waals surface area contributed by atoms with Crippen molar-refractivity contribution in [2.24, 2.45) is 0 Å². The van der Waals surface area contributed by atoms with E-state index in [2.05, 4.69) is 60.3 Å². The summed E-state index contributed by atoms with van der Waals surface area (Å²) in [5.41, 5.74) is 4.53. The Labute approximate surface area is 144 Å². The maximum absolute atomic E-state index is 10.5. The zero-order chi connectivity index (χ0) is 16.9. The lowest BCUT2D eigenvalue weighted by Crippen LogP contribution is -2.38. The highest BCUT2D eigenvalue weighted by Crippen LogP contribution is 2.30. The number of rotatable bonds is 5. The summed E-state index contributed by atoms with van der Waals surface area (Å²) in [6.45, 7) is 3.97. The summed E-state index contributed by atoms with van der Waals surface area (Å²) < 4.78 is 5.35. The van der Waals surface area contributed by atoms with Crippen LogP contribution in [0.25, 0.3) is 11.1 Å². The van der Waals surface area contributed by atoms with E-state index in [0.717, 1.165) is 31.9 Å². The van der Waals surface area contributed by atoms with Crippen LogP contribution in [0.4, 0.5) is 5.69 Å². The number of ether oxygens (including phenoxy) is 1. The minimum atomic E-state index is -0.457. The van der Waals surface area contributed by atoms with Crippen LogP contribution in [0.3, 0.4) is 0 Å². The monoisotopic (exact) mass is 326 g/mol. The maximum atomic E-state index is 10.5. The fourth-order valence-electron chi connectivity index (χ4n) is 3.13. The Morgan fingerprint density at radius 1 is 1.04 bits per heavy atom. The fourth-order valence-corrected chi connectivity index (χ4v) is 3.13. The van der Waals surface area contributed by atoms with Crippen molar-refractivity contribution in [3.63, 3.8) is 0 Å². The molecule has 1 saturated heterocycles. The van der Waals surface area contributed by atoms with Crippen molar-refractivity contribution in [2.45, 2.75) is 6.10 Å². The summed E-state index contributed by atoms with van der Waals surface area (Å²) in [4.78, 5) is 4.37. The standard InChI is InChI=1S/C20H26N2O2/c1-21(2)19-6-4-3-5-18(19)16-7-9-17(10-8-16)20(23)15-22-11-13-24-14-12-22/h3-10,20,23H,11-15H2,1-2H3/t20-/m0/s1. The molecule has 1 atom stereocenters. The van der Waals surface area contributed by atoms with E-state index in [1.165, 1.54) is 16.8 Å². The third-order valence-electron chi connectivity index (χ3n) is 4.53. The number of hydrogen-bond acceptors (Lipinski definition) is 4. The van der Waals surface area contributed by atoms with Gasteiger partial charge in [-0.1, -0.05) is 42.5 Å². The van der Waals surface area contributed by atoms with E-state index in [-0.39, 0.29) is 0 Å². The van der Waals surface area contributed by atoms with Gasteiger partial charge in [0.25, 0.3) is 0 Å². The lowest BCUT2D eigenvalue weighted by atomic mass is 10.00. The summed E-state index contributed by atoms with van der Waals surface area (Å²) in [7, 11) is 4.11. The predicted molar refractivity (Wildman–Crippen MR) is 98.4 cm³/mol. The zero-order valence-electron chi connectivity index (χ0n) is 14.5. The Balaban J connectivity index is 1.73. The van der Waals surface area contributed by atoms with Crippen LogP contribution in [0, 0.1) is 0 Å². The summed E-state index contributed by atoms with van der Waals surface area (Å²) >= 11 is 0. The van der Waals surface area contributed by atoms with Gasteiger partial charge in [0.1, 0.15) is 0 Å².